The van der Waals surface area contributed by atoms with Crippen molar-refractivity contribution in [3.63, 3.8) is 0 Å². The van der Waals surface area contributed by atoms with Crippen molar-refractivity contribution < 1.29 is 10.2 Å². The van der Waals surface area contributed by atoms with Gasteiger partial charge in [0.25, 0.3) is 0 Å². The first-order valence-corrected chi connectivity index (χ1v) is 6.40. The molecule has 1 aromatic rings. The summed E-state index contributed by atoms with van der Waals surface area (Å²) in [5.41, 5.74) is 0.342. The minimum absolute atomic E-state index is 0.315. The van der Waals surface area contributed by atoms with E-state index in [0.717, 1.165) is 31.2 Å². The van der Waals surface area contributed by atoms with Crippen molar-refractivity contribution in [1.29, 1.82) is 0 Å². The lowest BCUT2D eigenvalue weighted by Gasteiger charge is -2.32. The number of aliphatic hydroxyl groups is 1. The van der Waals surface area contributed by atoms with E-state index in [-0.39, 0.29) is 0 Å². The smallest absolute Gasteiger partial charge is 0.120 e. The predicted octanol–water partition coefficient (Wildman–Crippen LogP) is 2.18. The standard InChI is InChI=1S/C14H21NO2/c16-13-7-3-2-6-12(13)10-15-11-14(17)8-4-1-5-9-14/h2-3,6-7,15-17H,1,4-5,8-11H2. The molecule has 0 spiro atoms. The molecule has 0 unspecified atom stereocenters. The molecule has 1 fully saturated rings. The zero-order chi connectivity index (χ0) is 12.1. The van der Waals surface area contributed by atoms with Crippen LogP contribution in [0.2, 0.25) is 0 Å². The third-order valence-electron chi connectivity index (χ3n) is 3.55. The van der Waals surface area contributed by atoms with Gasteiger partial charge < -0.3 is 15.5 Å². The number of benzene rings is 1. The normalized spacial score (nSPS) is 19.1. The molecule has 1 aliphatic carbocycles. The van der Waals surface area contributed by atoms with Crippen LogP contribution in [0.5, 0.6) is 5.75 Å². The van der Waals surface area contributed by atoms with Crippen LogP contribution in [0, 0.1) is 0 Å². The summed E-state index contributed by atoms with van der Waals surface area (Å²) < 4.78 is 0. The third kappa shape index (κ3) is 3.45. The van der Waals surface area contributed by atoms with Gasteiger partial charge in [-0.15, -0.1) is 0 Å². The van der Waals surface area contributed by atoms with Crippen molar-refractivity contribution in [1.82, 2.24) is 5.32 Å². The van der Waals surface area contributed by atoms with Crippen LogP contribution in [0.4, 0.5) is 0 Å². The van der Waals surface area contributed by atoms with Crippen molar-refractivity contribution >= 4 is 0 Å². The van der Waals surface area contributed by atoms with Crippen LogP contribution in [0.3, 0.4) is 0 Å². The Balaban J connectivity index is 1.81. The van der Waals surface area contributed by atoms with Crippen LogP contribution in [-0.4, -0.2) is 22.4 Å². The molecule has 0 aromatic heterocycles. The van der Waals surface area contributed by atoms with Crippen molar-refractivity contribution in [3.05, 3.63) is 29.8 Å². The SMILES string of the molecule is Oc1ccccc1CNCC1(O)CCCCC1. The Bertz CT molecular complexity index is 359. The van der Waals surface area contributed by atoms with Crippen LogP contribution in [0.15, 0.2) is 24.3 Å². The van der Waals surface area contributed by atoms with Crippen LogP contribution in [0.1, 0.15) is 37.7 Å². The molecule has 0 atom stereocenters. The molecule has 3 nitrogen and oxygen atoms in total. The minimum atomic E-state index is -0.539. The van der Waals surface area contributed by atoms with Crippen molar-refractivity contribution in [3.8, 4) is 5.75 Å². The van der Waals surface area contributed by atoms with Gasteiger partial charge in [0.05, 0.1) is 5.60 Å². The van der Waals surface area contributed by atoms with E-state index in [2.05, 4.69) is 5.32 Å². The summed E-state index contributed by atoms with van der Waals surface area (Å²) in [6.45, 7) is 1.22. The Hall–Kier alpha value is -1.06. The Kier molecular flexibility index (Phi) is 4.02. The van der Waals surface area contributed by atoms with Crippen molar-refractivity contribution in [2.75, 3.05) is 6.54 Å². The third-order valence-corrected chi connectivity index (χ3v) is 3.55. The first kappa shape index (κ1) is 12.4. The maximum Gasteiger partial charge on any atom is 0.120 e. The lowest BCUT2D eigenvalue weighted by Crippen LogP contribution is -2.41. The highest BCUT2D eigenvalue weighted by atomic mass is 16.3. The molecule has 3 heteroatoms. The number of hydrogen-bond acceptors (Lipinski definition) is 3. The highest BCUT2D eigenvalue weighted by molar-refractivity contribution is 5.31. The summed E-state index contributed by atoms with van der Waals surface area (Å²) in [6.07, 6.45) is 5.26. The molecule has 3 N–H and O–H groups in total. The molecule has 1 aromatic carbocycles. The summed E-state index contributed by atoms with van der Waals surface area (Å²) in [6, 6.07) is 7.30. The number of nitrogens with one attached hydrogen (secondary N) is 1. The second-order valence-electron chi connectivity index (χ2n) is 5.02. The number of aromatic hydroxyl groups is 1. The fourth-order valence-corrected chi connectivity index (χ4v) is 2.48. The summed E-state index contributed by atoms with van der Waals surface area (Å²) in [5, 5.41) is 23.1. The largest absolute Gasteiger partial charge is 0.508 e. The van der Waals surface area contributed by atoms with Gasteiger partial charge in [-0.05, 0) is 18.9 Å². The summed E-state index contributed by atoms with van der Waals surface area (Å²) in [5.74, 6) is 0.315. The average Bonchev–Trinajstić information content (AvgIpc) is 2.32. The lowest BCUT2D eigenvalue weighted by molar-refractivity contribution is 0.00464. The predicted molar refractivity (Wildman–Crippen MR) is 67.8 cm³/mol. The van der Waals surface area contributed by atoms with Gasteiger partial charge in [0.2, 0.25) is 0 Å². The van der Waals surface area contributed by atoms with E-state index in [0.29, 0.717) is 18.8 Å². The van der Waals surface area contributed by atoms with E-state index in [4.69, 9.17) is 0 Å². The molecule has 0 amide bonds. The van der Waals surface area contributed by atoms with Crippen molar-refractivity contribution in [2.45, 2.75) is 44.2 Å². The molecule has 0 heterocycles. The molecule has 0 saturated heterocycles. The minimum Gasteiger partial charge on any atom is -0.508 e. The Morgan fingerprint density at radius 2 is 1.82 bits per heavy atom. The molecule has 0 bridgehead atoms. The highest BCUT2D eigenvalue weighted by Gasteiger charge is 2.28. The quantitative estimate of drug-likeness (QED) is 0.749. The fraction of sp³-hybridized carbons (Fsp3) is 0.571. The Labute approximate surface area is 102 Å². The first-order chi connectivity index (χ1) is 8.20. The second-order valence-corrected chi connectivity index (χ2v) is 5.02. The maximum absolute atomic E-state index is 10.3. The van der Waals surface area contributed by atoms with E-state index in [1.165, 1.54) is 6.42 Å². The van der Waals surface area contributed by atoms with Crippen LogP contribution in [0.25, 0.3) is 0 Å². The van der Waals surface area contributed by atoms with Gasteiger partial charge in [-0.1, -0.05) is 37.5 Å². The van der Waals surface area contributed by atoms with Crippen LogP contribution >= 0.6 is 0 Å². The summed E-state index contributed by atoms with van der Waals surface area (Å²) >= 11 is 0. The van der Waals surface area contributed by atoms with Crippen molar-refractivity contribution in [2.24, 2.45) is 0 Å². The van der Waals surface area contributed by atoms with E-state index >= 15 is 0 Å². The maximum atomic E-state index is 10.3. The molecular formula is C14H21NO2. The van der Waals surface area contributed by atoms with E-state index in [1.807, 2.05) is 18.2 Å². The number of para-hydroxylation sites is 1. The number of phenols is 1. The zero-order valence-corrected chi connectivity index (χ0v) is 10.2. The number of phenolic OH excluding ortho intramolecular Hbond substituents is 1. The topological polar surface area (TPSA) is 52.5 Å². The molecule has 0 radical (unpaired) electrons. The zero-order valence-electron chi connectivity index (χ0n) is 10.2. The summed E-state index contributed by atoms with van der Waals surface area (Å²) in [4.78, 5) is 0. The average molecular weight is 235 g/mol. The van der Waals surface area contributed by atoms with Gasteiger partial charge in [0, 0.05) is 18.7 Å². The second kappa shape index (κ2) is 5.52. The molecule has 0 aliphatic heterocycles. The van der Waals surface area contributed by atoms with E-state index in [9.17, 15) is 10.2 Å². The monoisotopic (exact) mass is 235 g/mol. The summed E-state index contributed by atoms with van der Waals surface area (Å²) in [7, 11) is 0. The molecule has 1 saturated carbocycles. The van der Waals surface area contributed by atoms with Gasteiger partial charge in [-0.25, -0.2) is 0 Å². The van der Waals surface area contributed by atoms with E-state index in [1.54, 1.807) is 6.07 Å². The van der Waals surface area contributed by atoms with Gasteiger partial charge in [0.1, 0.15) is 5.75 Å². The van der Waals surface area contributed by atoms with E-state index < -0.39 is 5.60 Å². The molecular weight excluding hydrogens is 214 g/mol. The molecule has 17 heavy (non-hydrogen) atoms. The van der Waals surface area contributed by atoms with Gasteiger partial charge in [-0.3, -0.25) is 0 Å². The van der Waals surface area contributed by atoms with Crippen LogP contribution < -0.4 is 5.32 Å². The van der Waals surface area contributed by atoms with Crippen LogP contribution in [-0.2, 0) is 6.54 Å². The highest BCUT2D eigenvalue weighted by Crippen LogP contribution is 2.27. The molecule has 2 rings (SSSR count). The molecule has 94 valence electrons. The Morgan fingerprint density at radius 1 is 1.12 bits per heavy atom. The van der Waals surface area contributed by atoms with Gasteiger partial charge in [-0.2, -0.15) is 0 Å². The number of rotatable bonds is 4. The van der Waals surface area contributed by atoms with Gasteiger partial charge in [0.15, 0.2) is 0 Å². The first-order valence-electron chi connectivity index (χ1n) is 6.40. The molecule has 1 aliphatic rings. The Morgan fingerprint density at radius 3 is 2.53 bits per heavy atom. The lowest BCUT2D eigenvalue weighted by atomic mass is 9.85. The van der Waals surface area contributed by atoms with Gasteiger partial charge >= 0.3 is 0 Å². The fourth-order valence-electron chi connectivity index (χ4n) is 2.48. The number of hydrogen-bond donors (Lipinski definition) is 3.